The molecule has 6 heteroatoms. The van der Waals surface area contributed by atoms with Crippen LogP contribution in [0.3, 0.4) is 0 Å². The Morgan fingerprint density at radius 3 is 2.63 bits per heavy atom. The maximum atomic E-state index is 5.94. The first-order chi connectivity index (χ1) is 8.99. The van der Waals surface area contributed by atoms with Crippen LogP contribution >= 0.6 is 0 Å². The van der Waals surface area contributed by atoms with Crippen molar-refractivity contribution in [2.45, 2.75) is 51.8 Å². The fourth-order valence-electron chi connectivity index (χ4n) is 2.24. The van der Waals surface area contributed by atoms with E-state index in [1.165, 1.54) is 0 Å². The molecule has 19 heavy (non-hydrogen) atoms. The van der Waals surface area contributed by atoms with Crippen molar-refractivity contribution >= 4 is 0 Å². The fraction of sp³-hybridized carbons (Fsp3) is 0.846. The fourth-order valence-corrected chi connectivity index (χ4v) is 2.24. The highest BCUT2D eigenvalue weighted by Gasteiger charge is 2.24. The van der Waals surface area contributed by atoms with Gasteiger partial charge in [0, 0.05) is 19.7 Å². The highest BCUT2D eigenvalue weighted by Crippen LogP contribution is 2.17. The van der Waals surface area contributed by atoms with Crippen molar-refractivity contribution in [2.75, 3.05) is 19.7 Å². The van der Waals surface area contributed by atoms with Gasteiger partial charge in [-0.15, -0.1) is 0 Å². The lowest BCUT2D eigenvalue weighted by Gasteiger charge is -2.30. The van der Waals surface area contributed by atoms with Gasteiger partial charge in [0.15, 0.2) is 5.82 Å². The Labute approximate surface area is 114 Å². The number of aromatic nitrogens is 2. The molecule has 2 heterocycles. The van der Waals surface area contributed by atoms with Crippen molar-refractivity contribution in [1.29, 1.82) is 0 Å². The lowest BCUT2D eigenvalue weighted by atomic mass is 10.1. The standard InChI is InChI=1S/C13H24N4O2/c1-4-18-10-5-7-17(8-6-10)9-11-15-12(16-19-11)13(2,3)14/h10H,4-9,14H2,1-3H3. The summed E-state index contributed by atoms with van der Waals surface area (Å²) in [5.41, 5.74) is 5.39. The molecule has 1 aromatic heterocycles. The summed E-state index contributed by atoms with van der Waals surface area (Å²) >= 11 is 0. The molecule has 0 saturated carbocycles. The average molecular weight is 268 g/mol. The first kappa shape index (κ1) is 14.4. The molecular weight excluding hydrogens is 244 g/mol. The minimum absolute atomic E-state index is 0.405. The van der Waals surface area contributed by atoms with Gasteiger partial charge in [0.25, 0.3) is 0 Å². The Morgan fingerprint density at radius 2 is 2.11 bits per heavy atom. The lowest BCUT2D eigenvalue weighted by Crippen LogP contribution is -2.36. The normalized spacial score (nSPS) is 18.9. The SMILES string of the molecule is CCOC1CCN(Cc2nc(C(C)(C)N)no2)CC1. The van der Waals surface area contributed by atoms with Crippen LogP contribution < -0.4 is 5.73 Å². The molecule has 6 nitrogen and oxygen atoms in total. The maximum Gasteiger partial charge on any atom is 0.240 e. The third-order valence-electron chi connectivity index (χ3n) is 3.34. The topological polar surface area (TPSA) is 77.4 Å². The quantitative estimate of drug-likeness (QED) is 0.866. The van der Waals surface area contributed by atoms with E-state index in [1.807, 2.05) is 20.8 Å². The van der Waals surface area contributed by atoms with Crippen LogP contribution in [0.25, 0.3) is 0 Å². The van der Waals surface area contributed by atoms with Gasteiger partial charge in [0.2, 0.25) is 5.89 Å². The van der Waals surface area contributed by atoms with Crippen molar-refractivity contribution in [3.63, 3.8) is 0 Å². The van der Waals surface area contributed by atoms with Gasteiger partial charge in [-0.2, -0.15) is 4.98 Å². The highest BCUT2D eigenvalue weighted by molar-refractivity contribution is 4.99. The summed E-state index contributed by atoms with van der Waals surface area (Å²) < 4.78 is 10.9. The van der Waals surface area contributed by atoms with E-state index in [2.05, 4.69) is 15.0 Å². The summed E-state index contributed by atoms with van der Waals surface area (Å²) in [6, 6.07) is 0. The number of nitrogens with two attached hydrogens (primary N) is 1. The van der Waals surface area contributed by atoms with E-state index in [0.29, 0.717) is 24.4 Å². The number of piperidine rings is 1. The summed E-state index contributed by atoms with van der Waals surface area (Å²) in [4.78, 5) is 6.67. The van der Waals surface area contributed by atoms with Crippen molar-refractivity contribution in [3.8, 4) is 0 Å². The van der Waals surface area contributed by atoms with Crippen molar-refractivity contribution < 1.29 is 9.26 Å². The van der Waals surface area contributed by atoms with Gasteiger partial charge < -0.3 is 15.0 Å². The second-order valence-electron chi connectivity index (χ2n) is 5.66. The van der Waals surface area contributed by atoms with Gasteiger partial charge >= 0.3 is 0 Å². The minimum Gasteiger partial charge on any atom is -0.378 e. The Hall–Kier alpha value is -0.980. The predicted molar refractivity (Wildman–Crippen MR) is 71.4 cm³/mol. The van der Waals surface area contributed by atoms with Crippen LogP contribution in [0.15, 0.2) is 4.52 Å². The second-order valence-corrected chi connectivity index (χ2v) is 5.66. The average Bonchev–Trinajstić information content (AvgIpc) is 2.80. The molecule has 0 radical (unpaired) electrons. The van der Waals surface area contributed by atoms with Crippen molar-refractivity contribution in [2.24, 2.45) is 5.73 Å². The minimum atomic E-state index is -0.552. The maximum absolute atomic E-state index is 5.94. The summed E-state index contributed by atoms with van der Waals surface area (Å²) in [5.74, 6) is 1.20. The number of hydrogen-bond acceptors (Lipinski definition) is 6. The Bertz CT molecular complexity index is 392. The molecule has 1 aliphatic rings. The number of hydrogen-bond donors (Lipinski definition) is 1. The third kappa shape index (κ3) is 3.99. The zero-order chi connectivity index (χ0) is 13.9. The van der Waals surface area contributed by atoms with Gasteiger partial charge in [-0.1, -0.05) is 5.16 Å². The summed E-state index contributed by atoms with van der Waals surface area (Å²) in [6.07, 6.45) is 2.54. The highest BCUT2D eigenvalue weighted by atomic mass is 16.5. The van der Waals surface area contributed by atoms with E-state index in [-0.39, 0.29) is 0 Å². The van der Waals surface area contributed by atoms with E-state index in [1.54, 1.807) is 0 Å². The van der Waals surface area contributed by atoms with Gasteiger partial charge in [-0.05, 0) is 33.6 Å². The third-order valence-corrected chi connectivity index (χ3v) is 3.34. The Balaban J connectivity index is 1.84. The molecule has 1 saturated heterocycles. The van der Waals surface area contributed by atoms with Crippen LogP contribution in [0.2, 0.25) is 0 Å². The van der Waals surface area contributed by atoms with Crippen molar-refractivity contribution in [1.82, 2.24) is 15.0 Å². The lowest BCUT2D eigenvalue weighted by molar-refractivity contribution is 0.0105. The zero-order valence-corrected chi connectivity index (χ0v) is 12.1. The Kier molecular flexibility index (Phi) is 4.54. The summed E-state index contributed by atoms with van der Waals surface area (Å²) in [5, 5.41) is 3.93. The number of likely N-dealkylation sites (tertiary alicyclic amines) is 1. The molecule has 2 rings (SSSR count). The van der Waals surface area contributed by atoms with Crippen LogP contribution in [0.1, 0.15) is 45.3 Å². The van der Waals surface area contributed by atoms with Gasteiger partial charge in [-0.3, -0.25) is 4.90 Å². The molecule has 0 atom stereocenters. The molecule has 2 N–H and O–H groups in total. The second kappa shape index (κ2) is 5.98. The molecule has 0 amide bonds. The van der Waals surface area contributed by atoms with Crippen molar-refractivity contribution in [3.05, 3.63) is 11.7 Å². The smallest absolute Gasteiger partial charge is 0.240 e. The predicted octanol–water partition coefficient (Wildman–Crippen LogP) is 1.26. The van der Waals surface area contributed by atoms with Gasteiger partial charge in [0.05, 0.1) is 18.2 Å². The first-order valence-electron chi connectivity index (χ1n) is 6.95. The largest absolute Gasteiger partial charge is 0.378 e. The van der Waals surface area contributed by atoms with E-state index >= 15 is 0 Å². The molecule has 108 valence electrons. The molecule has 1 aliphatic heterocycles. The molecule has 0 aliphatic carbocycles. The van der Waals surface area contributed by atoms with E-state index in [9.17, 15) is 0 Å². The monoisotopic (exact) mass is 268 g/mol. The van der Waals surface area contributed by atoms with E-state index in [4.69, 9.17) is 15.0 Å². The molecule has 1 aromatic rings. The van der Waals surface area contributed by atoms with Crippen LogP contribution in [-0.2, 0) is 16.8 Å². The van der Waals surface area contributed by atoms with Crippen LogP contribution in [0, 0.1) is 0 Å². The van der Waals surface area contributed by atoms with Crippen LogP contribution in [0.5, 0.6) is 0 Å². The number of rotatable bonds is 5. The molecule has 0 aromatic carbocycles. The van der Waals surface area contributed by atoms with Crippen LogP contribution in [0.4, 0.5) is 0 Å². The number of nitrogens with zero attached hydrogens (tertiary/aromatic N) is 3. The summed E-state index contributed by atoms with van der Waals surface area (Å²) in [6.45, 7) is 9.29. The van der Waals surface area contributed by atoms with Gasteiger partial charge in [0.1, 0.15) is 0 Å². The molecule has 0 spiro atoms. The molecule has 0 unspecified atom stereocenters. The number of ether oxygens (including phenoxy) is 1. The zero-order valence-electron chi connectivity index (χ0n) is 12.1. The summed E-state index contributed by atoms with van der Waals surface area (Å²) in [7, 11) is 0. The van der Waals surface area contributed by atoms with Gasteiger partial charge in [-0.25, -0.2) is 0 Å². The Morgan fingerprint density at radius 1 is 1.42 bits per heavy atom. The van der Waals surface area contributed by atoms with E-state index < -0.39 is 5.54 Å². The first-order valence-corrected chi connectivity index (χ1v) is 6.95. The molecule has 0 bridgehead atoms. The van der Waals surface area contributed by atoms with E-state index in [0.717, 1.165) is 32.5 Å². The molecular formula is C13H24N4O2. The van der Waals surface area contributed by atoms with Crippen LogP contribution in [-0.4, -0.2) is 40.8 Å². The molecule has 1 fully saturated rings.